The molecule has 25 heavy (non-hydrogen) atoms. The largest absolute Gasteiger partial charge is 0.266 e. The fourth-order valence-electron chi connectivity index (χ4n) is 1.55. The third-order valence-corrected chi connectivity index (χ3v) is 4.15. The molecular formula is C15H12Cl5N5. The highest BCUT2D eigenvalue weighted by molar-refractivity contribution is 6.42. The first kappa shape index (κ1) is 21.5. The predicted octanol–water partition coefficient (Wildman–Crippen LogP) is 5.20. The van der Waals surface area contributed by atoms with E-state index in [1.807, 2.05) is 0 Å². The second-order valence-corrected chi connectivity index (χ2v) is 6.09. The molecule has 2 aromatic carbocycles. The van der Waals surface area contributed by atoms with Gasteiger partial charge in [0.15, 0.2) is 0 Å². The van der Waals surface area contributed by atoms with Crippen LogP contribution in [0.1, 0.15) is 11.1 Å². The van der Waals surface area contributed by atoms with Crippen molar-refractivity contribution in [2.24, 2.45) is 10.2 Å². The summed E-state index contributed by atoms with van der Waals surface area (Å²) in [5.41, 5.74) is 6.43. The summed E-state index contributed by atoms with van der Waals surface area (Å²) >= 11 is 23.4. The number of hydrogen-bond acceptors (Lipinski definition) is 3. The fraction of sp³-hybridized carbons (Fsp3) is 0. The molecule has 0 aliphatic heterocycles. The highest BCUT2D eigenvalue weighted by Gasteiger charge is 1.98. The van der Waals surface area contributed by atoms with E-state index >= 15 is 0 Å². The van der Waals surface area contributed by atoms with Crippen LogP contribution in [-0.2, 0) is 0 Å². The lowest BCUT2D eigenvalue weighted by atomic mass is 10.2. The second kappa shape index (κ2) is 10.5. The molecule has 132 valence electrons. The summed E-state index contributed by atoms with van der Waals surface area (Å²) in [5, 5.41) is 17.2. The van der Waals surface area contributed by atoms with Gasteiger partial charge in [-0.2, -0.15) is 10.2 Å². The van der Waals surface area contributed by atoms with Crippen molar-refractivity contribution < 1.29 is 0 Å². The van der Waals surface area contributed by atoms with E-state index < -0.39 is 0 Å². The maximum atomic E-state index is 7.63. The summed E-state index contributed by atoms with van der Waals surface area (Å²) in [5.74, 6) is -0.109. The molecule has 10 heteroatoms. The summed E-state index contributed by atoms with van der Waals surface area (Å²) in [6.07, 6.45) is 3.00. The van der Waals surface area contributed by atoms with Crippen LogP contribution in [0.5, 0.6) is 0 Å². The molecule has 0 aliphatic carbocycles. The van der Waals surface area contributed by atoms with Gasteiger partial charge in [0.25, 0.3) is 0 Å². The Bertz CT molecular complexity index is 741. The minimum absolute atomic E-state index is 0. The van der Waals surface area contributed by atoms with Crippen molar-refractivity contribution in [2.45, 2.75) is 0 Å². The molecule has 0 amide bonds. The van der Waals surface area contributed by atoms with Crippen LogP contribution in [0.15, 0.2) is 46.6 Å². The minimum Gasteiger partial charge on any atom is -0.266 e. The predicted molar refractivity (Wildman–Crippen MR) is 109 cm³/mol. The van der Waals surface area contributed by atoms with Crippen molar-refractivity contribution >= 4 is 77.2 Å². The third kappa shape index (κ3) is 7.10. The second-order valence-electron chi connectivity index (χ2n) is 4.46. The summed E-state index contributed by atoms with van der Waals surface area (Å²) in [4.78, 5) is 0. The molecule has 0 aromatic heterocycles. The monoisotopic (exact) mass is 437 g/mol. The van der Waals surface area contributed by atoms with E-state index in [2.05, 4.69) is 21.1 Å². The Labute approximate surface area is 170 Å². The van der Waals surface area contributed by atoms with Crippen molar-refractivity contribution in [3.8, 4) is 0 Å². The van der Waals surface area contributed by atoms with Gasteiger partial charge in [-0.15, -0.1) is 12.4 Å². The van der Waals surface area contributed by atoms with Gasteiger partial charge >= 0.3 is 0 Å². The lowest BCUT2D eigenvalue weighted by molar-refractivity contribution is 0.893. The first-order chi connectivity index (χ1) is 11.5. The SMILES string of the molecule is Cl.N=C(N/N=C/c1ccc(Cl)c(Cl)c1)N/N=C/c1ccc(Cl)c(Cl)c1. The zero-order chi connectivity index (χ0) is 17.5. The van der Waals surface area contributed by atoms with Crippen LogP contribution in [0.3, 0.4) is 0 Å². The first-order valence-electron chi connectivity index (χ1n) is 6.52. The molecule has 0 saturated carbocycles. The number of halogens is 5. The lowest BCUT2D eigenvalue weighted by Gasteiger charge is -2.02. The average molecular weight is 440 g/mol. The Morgan fingerprint density at radius 2 is 1.16 bits per heavy atom. The molecule has 0 radical (unpaired) electrons. The van der Waals surface area contributed by atoms with Crippen molar-refractivity contribution in [3.05, 3.63) is 67.6 Å². The van der Waals surface area contributed by atoms with Crippen LogP contribution in [0.4, 0.5) is 0 Å². The van der Waals surface area contributed by atoms with E-state index in [4.69, 9.17) is 51.8 Å². The zero-order valence-corrected chi connectivity index (χ0v) is 16.3. The summed E-state index contributed by atoms with van der Waals surface area (Å²) in [6.45, 7) is 0. The number of guanidine groups is 1. The number of rotatable bonds is 4. The molecule has 0 bridgehead atoms. The van der Waals surface area contributed by atoms with Gasteiger partial charge in [0, 0.05) is 0 Å². The quantitative estimate of drug-likeness (QED) is 0.348. The van der Waals surface area contributed by atoms with Crippen LogP contribution in [-0.4, -0.2) is 18.4 Å². The van der Waals surface area contributed by atoms with Crippen LogP contribution < -0.4 is 10.9 Å². The maximum absolute atomic E-state index is 7.63. The molecule has 0 fully saturated rings. The van der Waals surface area contributed by atoms with Gasteiger partial charge in [-0.25, -0.2) is 10.9 Å². The van der Waals surface area contributed by atoms with E-state index in [-0.39, 0.29) is 18.4 Å². The average Bonchev–Trinajstić information content (AvgIpc) is 2.54. The molecule has 2 rings (SSSR count). The van der Waals surface area contributed by atoms with E-state index in [1.165, 1.54) is 12.4 Å². The third-order valence-electron chi connectivity index (χ3n) is 2.67. The molecule has 0 aliphatic rings. The summed E-state index contributed by atoms with van der Waals surface area (Å²) in [6, 6.07) is 10.1. The van der Waals surface area contributed by atoms with E-state index in [1.54, 1.807) is 36.4 Å². The fourth-order valence-corrected chi connectivity index (χ4v) is 2.17. The zero-order valence-electron chi connectivity index (χ0n) is 12.4. The van der Waals surface area contributed by atoms with E-state index in [0.717, 1.165) is 11.1 Å². The Balaban J connectivity index is 0.00000312. The molecule has 5 nitrogen and oxygen atoms in total. The lowest BCUT2D eigenvalue weighted by Crippen LogP contribution is -2.29. The number of hydrazone groups is 2. The van der Waals surface area contributed by atoms with Gasteiger partial charge in [-0.3, -0.25) is 5.41 Å². The number of nitrogens with one attached hydrogen (secondary N) is 3. The summed E-state index contributed by atoms with van der Waals surface area (Å²) < 4.78 is 0. The smallest absolute Gasteiger partial charge is 0.230 e. The van der Waals surface area contributed by atoms with Gasteiger partial charge in [0.2, 0.25) is 5.96 Å². The molecule has 3 N–H and O–H groups in total. The molecule has 0 spiro atoms. The van der Waals surface area contributed by atoms with Gasteiger partial charge in [0.1, 0.15) is 0 Å². The number of nitrogens with zero attached hydrogens (tertiary/aromatic N) is 2. The highest BCUT2D eigenvalue weighted by Crippen LogP contribution is 2.22. The van der Waals surface area contributed by atoms with Gasteiger partial charge in [0.05, 0.1) is 32.5 Å². The van der Waals surface area contributed by atoms with Gasteiger partial charge < -0.3 is 0 Å². The number of benzene rings is 2. The Kier molecular flexibility index (Phi) is 9.03. The molecule has 0 heterocycles. The van der Waals surface area contributed by atoms with Gasteiger partial charge in [-0.05, 0) is 35.4 Å². The standard InChI is InChI=1S/C15H11Cl4N5.ClH/c16-11-3-1-9(5-13(11)18)7-21-23-15(20)24-22-8-10-2-4-12(17)14(19)6-10;/h1-8H,(H3,20,23,24);1H/b21-7+,22-8+;. The normalized spacial score (nSPS) is 10.7. The molecule has 2 aromatic rings. The Morgan fingerprint density at radius 1 is 0.760 bits per heavy atom. The van der Waals surface area contributed by atoms with Crippen molar-refractivity contribution in [1.82, 2.24) is 10.9 Å². The van der Waals surface area contributed by atoms with E-state index in [0.29, 0.717) is 20.1 Å². The van der Waals surface area contributed by atoms with Crippen LogP contribution in [0.2, 0.25) is 20.1 Å². The van der Waals surface area contributed by atoms with Crippen LogP contribution >= 0.6 is 58.8 Å². The molecule has 0 saturated heterocycles. The van der Waals surface area contributed by atoms with Crippen molar-refractivity contribution in [3.63, 3.8) is 0 Å². The molecule has 0 unspecified atom stereocenters. The molecular weight excluding hydrogens is 427 g/mol. The number of hydrogen-bond donors (Lipinski definition) is 3. The minimum atomic E-state index is -0.109. The van der Waals surface area contributed by atoms with E-state index in [9.17, 15) is 0 Å². The molecule has 0 atom stereocenters. The maximum Gasteiger partial charge on any atom is 0.230 e. The van der Waals surface area contributed by atoms with Crippen molar-refractivity contribution in [1.29, 1.82) is 5.41 Å². The first-order valence-corrected chi connectivity index (χ1v) is 8.03. The Morgan fingerprint density at radius 3 is 1.52 bits per heavy atom. The van der Waals surface area contributed by atoms with Crippen LogP contribution in [0, 0.1) is 5.41 Å². The van der Waals surface area contributed by atoms with Gasteiger partial charge in [-0.1, -0.05) is 58.5 Å². The topological polar surface area (TPSA) is 72.6 Å². The van der Waals surface area contributed by atoms with Crippen molar-refractivity contribution in [2.75, 3.05) is 0 Å². The Hall–Kier alpha value is -1.50. The highest BCUT2D eigenvalue weighted by atomic mass is 35.5. The van der Waals surface area contributed by atoms with Crippen LogP contribution in [0.25, 0.3) is 0 Å². The summed E-state index contributed by atoms with van der Waals surface area (Å²) in [7, 11) is 0.